The SMILES string of the molecule is Cc1ccc(C(=O)[C@@H](C)Sc2nnc3c(Cl)cc(C(F)(F)F)cn23)cc1. The van der Waals surface area contributed by atoms with Crippen LogP contribution < -0.4 is 0 Å². The predicted molar refractivity (Wildman–Crippen MR) is 93.8 cm³/mol. The van der Waals surface area contributed by atoms with Crippen LogP contribution in [0.1, 0.15) is 28.4 Å². The van der Waals surface area contributed by atoms with Gasteiger partial charge in [-0.05, 0) is 19.9 Å². The molecule has 1 aromatic carbocycles. The van der Waals surface area contributed by atoms with Gasteiger partial charge in [-0.1, -0.05) is 53.2 Å². The van der Waals surface area contributed by atoms with Crippen molar-refractivity contribution in [2.45, 2.75) is 30.4 Å². The third-order valence-corrected chi connectivity index (χ3v) is 5.08. The second-order valence-corrected chi connectivity index (χ2v) is 7.46. The highest BCUT2D eigenvalue weighted by molar-refractivity contribution is 8.00. The highest BCUT2D eigenvalue weighted by atomic mass is 35.5. The van der Waals surface area contributed by atoms with E-state index in [-0.39, 0.29) is 21.6 Å². The van der Waals surface area contributed by atoms with Gasteiger partial charge in [0.1, 0.15) is 0 Å². The molecule has 0 aliphatic rings. The highest BCUT2D eigenvalue weighted by Crippen LogP contribution is 2.34. The number of fused-ring (bicyclic) bond motifs is 1. The molecule has 3 aromatic rings. The van der Waals surface area contributed by atoms with E-state index in [9.17, 15) is 18.0 Å². The van der Waals surface area contributed by atoms with Crippen LogP contribution in [0.4, 0.5) is 13.2 Å². The van der Waals surface area contributed by atoms with Gasteiger partial charge in [-0.15, -0.1) is 10.2 Å². The van der Waals surface area contributed by atoms with Gasteiger partial charge in [0.15, 0.2) is 16.6 Å². The molecule has 0 saturated heterocycles. The number of rotatable bonds is 4. The first-order valence-corrected chi connectivity index (χ1v) is 8.81. The molecular formula is C17H13ClF3N3OS. The Labute approximate surface area is 156 Å². The maximum atomic E-state index is 13.0. The highest BCUT2D eigenvalue weighted by Gasteiger charge is 2.32. The van der Waals surface area contributed by atoms with E-state index in [0.29, 0.717) is 5.56 Å². The summed E-state index contributed by atoms with van der Waals surface area (Å²) in [6.07, 6.45) is -3.67. The molecular weight excluding hydrogens is 387 g/mol. The first kappa shape index (κ1) is 18.7. The largest absolute Gasteiger partial charge is 0.417 e. The minimum absolute atomic E-state index is 0.108. The van der Waals surface area contributed by atoms with E-state index in [4.69, 9.17) is 11.6 Å². The van der Waals surface area contributed by atoms with Gasteiger partial charge in [-0.25, -0.2) is 0 Å². The van der Waals surface area contributed by atoms with E-state index in [2.05, 4.69) is 10.2 Å². The number of hydrogen-bond donors (Lipinski definition) is 0. The van der Waals surface area contributed by atoms with E-state index in [0.717, 1.165) is 34.0 Å². The number of hydrogen-bond acceptors (Lipinski definition) is 4. The van der Waals surface area contributed by atoms with Gasteiger partial charge in [0.25, 0.3) is 0 Å². The molecule has 0 fully saturated rings. The van der Waals surface area contributed by atoms with Crippen molar-refractivity contribution < 1.29 is 18.0 Å². The van der Waals surface area contributed by atoms with Gasteiger partial charge in [0.2, 0.25) is 0 Å². The first-order chi connectivity index (χ1) is 12.2. The number of carbonyl (C=O) groups excluding carboxylic acids is 1. The zero-order valence-electron chi connectivity index (χ0n) is 13.7. The molecule has 0 radical (unpaired) electrons. The number of carbonyl (C=O) groups is 1. The quantitative estimate of drug-likeness (QED) is 0.453. The predicted octanol–water partition coefficient (Wildman–Crippen LogP) is 5.07. The molecule has 0 bridgehead atoms. The Balaban J connectivity index is 1.92. The number of nitrogens with zero attached hydrogens (tertiary/aromatic N) is 3. The average molecular weight is 400 g/mol. The second-order valence-electron chi connectivity index (χ2n) is 5.74. The lowest BCUT2D eigenvalue weighted by Crippen LogP contribution is -2.14. The molecule has 0 spiro atoms. The molecule has 26 heavy (non-hydrogen) atoms. The summed E-state index contributed by atoms with van der Waals surface area (Å²) in [5.74, 6) is -0.148. The molecule has 0 aliphatic heterocycles. The molecule has 2 heterocycles. The number of halogens is 4. The monoisotopic (exact) mass is 399 g/mol. The minimum Gasteiger partial charge on any atom is -0.293 e. The van der Waals surface area contributed by atoms with Gasteiger partial charge < -0.3 is 0 Å². The summed E-state index contributed by atoms with van der Waals surface area (Å²) in [7, 11) is 0. The summed E-state index contributed by atoms with van der Waals surface area (Å²) in [6.45, 7) is 3.58. The van der Waals surface area contributed by atoms with E-state index in [1.54, 1.807) is 19.1 Å². The Kier molecular flexibility index (Phi) is 4.98. The fraction of sp³-hybridized carbons (Fsp3) is 0.235. The zero-order valence-corrected chi connectivity index (χ0v) is 15.3. The number of thioether (sulfide) groups is 1. The van der Waals surface area contributed by atoms with Crippen molar-refractivity contribution >= 4 is 34.8 Å². The summed E-state index contributed by atoms with van der Waals surface area (Å²) >= 11 is 6.92. The van der Waals surface area contributed by atoms with Gasteiger partial charge in [0.05, 0.1) is 15.8 Å². The number of pyridine rings is 1. The molecule has 0 amide bonds. The summed E-state index contributed by atoms with van der Waals surface area (Å²) in [4.78, 5) is 12.5. The van der Waals surface area contributed by atoms with Crippen LogP contribution in [0.15, 0.2) is 41.7 Å². The number of ketones is 1. The summed E-state index contributed by atoms with van der Waals surface area (Å²) in [5.41, 5.74) is 0.754. The summed E-state index contributed by atoms with van der Waals surface area (Å²) in [6, 6.07) is 7.89. The molecule has 4 nitrogen and oxygen atoms in total. The average Bonchev–Trinajstić information content (AvgIpc) is 2.97. The second kappa shape index (κ2) is 6.92. The molecule has 9 heteroatoms. The Morgan fingerprint density at radius 1 is 1.23 bits per heavy atom. The van der Waals surface area contributed by atoms with E-state index in [1.165, 1.54) is 0 Å². The normalized spacial score (nSPS) is 13.2. The lowest BCUT2D eigenvalue weighted by molar-refractivity contribution is -0.137. The van der Waals surface area contributed by atoms with Gasteiger partial charge in [-0.2, -0.15) is 13.2 Å². The van der Waals surface area contributed by atoms with E-state index in [1.807, 2.05) is 19.1 Å². The number of Topliss-reactive ketones (excluding diaryl/α,β-unsaturated/α-hetero) is 1. The van der Waals surface area contributed by atoms with Crippen LogP contribution in [-0.2, 0) is 6.18 Å². The zero-order chi connectivity index (χ0) is 19.1. The van der Waals surface area contributed by atoms with Crippen molar-refractivity contribution in [3.63, 3.8) is 0 Å². The smallest absolute Gasteiger partial charge is 0.293 e. The van der Waals surface area contributed by atoms with Crippen molar-refractivity contribution in [2.75, 3.05) is 0 Å². The third-order valence-electron chi connectivity index (χ3n) is 3.74. The Hall–Kier alpha value is -2.06. The van der Waals surface area contributed by atoms with Crippen LogP contribution >= 0.6 is 23.4 Å². The molecule has 0 saturated carbocycles. The molecule has 0 unspecified atom stereocenters. The van der Waals surface area contributed by atoms with Crippen molar-refractivity contribution in [3.05, 3.63) is 58.2 Å². The molecule has 0 aliphatic carbocycles. The van der Waals surface area contributed by atoms with Crippen LogP contribution in [0.5, 0.6) is 0 Å². The Morgan fingerprint density at radius 2 is 1.88 bits per heavy atom. The van der Waals surface area contributed by atoms with Crippen LogP contribution in [0.3, 0.4) is 0 Å². The number of aryl methyl sites for hydroxylation is 1. The topological polar surface area (TPSA) is 47.3 Å². The standard InChI is InChI=1S/C17H13ClF3N3OS/c1-9-3-5-11(6-4-9)14(25)10(2)26-16-23-22-15-13(18)7-12(8-24(15)16)17(19,20)21/h3-8,10H,1-2H3/t10-/m1/s1. The van der Waals surface area contributed by atoms with Gasteiger partial charge in [-0.3, -0.25) is 9.20 Å². The number of alkyl halides is 3. The van der Waals surface area contributed by atoms with Crippen molar-refractivity contribution in [1.29, 1.82) is 0 Å². The lowest BCUT2D eigenvalue weighted by Gasteiger charge is -2.11. The van der Waals surface area contributed by atoms with Crippen molar-refractivity contribution in [2.24, 2.45) is 0 Å². The van der Waals surface area contributed by atoms with Crippen LogP contribution in [0.2, 0.25) is 5.02 Å². The maximum Gasteiger partial charge on any atom is 0.417 e. The maximum absolute atomic E-state index is 13.0. The first-order valence-electron chi connectivity index (χ1n) is 7.56. The molecule has 2 aromatic heterocycles. The number of benzene rings is 1. The Bertz CT molecular complexity index is 970. The third kappa shape index (κ3) is 3.71. The lowest BCUT2D eigenvalue weighted by atomic mass is 10.1. The van der Waals surface area contributed by atoms with Crippen molar-refractivity contribution in [3.8, 4) is 0 Å². The van der Waals surface area contributed by atoms with Crippen molar-refractivity contribution in [1.82, 2.24) is 14.6 Å². The fourth-order valence-corrected chi connectivity index (χ4v) is 3.48. The van der Waals surface area contributed by atoms with Crippen LogP contribution in [0, 0.1) is 6.92 Å². The fourth-order valence-electron chi connectivity index (χ4n) is 2.33. The Morgan fingerprint density at radius 3 is 2.50 bits per heavy atom. The minimum atomic E-state index is -4.55. The van der Waals surface area contributed by atoms with E-state index >= 15 is 0 Å². The molecule has 136 valence electrons. The van der Waals surface area contributed by atoms with E-state index < -0.39 is 17.0 Å². The molecule has 1 atom stereocenters. The molecule has 0 N–H and O–H groups in total. The molecule has 3 rings (SSSR count). The summed E-state index contributed by atoms with van der Waals surface area (Å²) in [5, 5.41) is 7.16. The van der Waals surface area contributed by atoms with Crippen LogP contribution in [-0.4, -0.2) is 25.6 Å². The summed E-state index contributed by atoms with van der Waals surface area (Å²) < 4.78 is 40.2. The van der Waals surface area contributed by atoms with Gasteiger partial charge in [0, 0.05) is 11.8 Å². The van der Waals surface area contributed by atoms with Crippen LogP contribution in [0.25, 0.3) is 5.65 Å². The van der Waals surface area contributed by atoms with Gasteiger partial charge >= 0.3 is 6.18 Å². The number of aromatic nitrogens is 3.